The molecule has 76 heavy (non-hydrogen) atoms. The summed E-state index contributed by atoms with van der Waals surface area (Å²) in [5.41, 5.74) is 10.7. The molecule has 0 N–H and O–H groups in total. The van der Waals surface area contributed by atoms with E-state index in [1.54, 1.807) is 34.0 Å². The predicted octanol–water partition coefficient (Wildman–Crippen LogP) is 20.6. The molecule has 17 aromatic rings. The van der Waals surface area contributed by atoms with Crippen molar-refractivity contribution in [1.82, 2.24) is 9.13 Å². The highest BCUT2D eigenvalue weighted by molar-refractivity contribution is 7.27. The van der Waals surface area contributed by atoms with Crippen LogP contribution in [0.3, 0.4) is 0 Å². The van der Waals surface area contributed by atoms with E-state index in [1.807, 2.05) is 48.5 Å². The molecular weight excluding hydrogens is 985 g/mol. The van der Waals surface area contributed by atoms with Crippen molar-refractivity contribution in [3.63, 3.8) is 0 Å². The number of aromatic nitrogens is 2. The van der Waals surface area contributed by atoms with E-state index in [1.165, 1.54) is 30.3 Å². The zero-order chi connectivity index (χ0) is 49.9. The summed E-state index contributed by atoms with van der Waals surface area (Å²) < 4.78 is 18.9. The number of fused-ring (bicyclic) bond motifs is 22. The SMILES string of the molecule is [C-]#[N+]c1c(-c2ccccc2)c(C#N)c(-n2c3c(ccc4c5ccccc5oc43)c3ccc4c5ccccc5sc4c32)c(-c2ccccc2)c1-n1c2c(ccc3c4ccccc4sc32)c2ccc3c4ccccc4sc3c21. The van der Waals surface area contributed by atoms with Gasteiger partial charge < -0.3 is 13.6 Å². The summed E-state index contributed by atoms with van der Waals surface area (Å²) in [5.74, 6) is 0. The first kappa shape index (κ1) is 41.9. The van der Waals surface area contributed by atoms with Crippen LogP contribution in [-0.2, 0) is 0 Å². The number of hydrogen-bond donors (Lipinski definition) is 0. The lowest BCUT2D eigenvalue weighted by Crippen LogP contribution is -2.09. The standard InChI is InChI=1S/C68H34N4OS3/c1-70-58-56(37-16-4-2-5-17-37)51(36-69)59(71-60-43(28-32-47-39-20-8-12-24-52(39)73-65(47)60)44-29-33-48-40-21-9-13-25-53(40)74-66(48)61(44)71)57(38-18-6-3-7-19-38)64(58)72-62-45(30-34-49-41-22-10-14-26-54(41)75-67(49)62)46-31-35-50-42-23-11-15-27-55(42)76-68(50)63(46)72/h2-35H. The lowest BCUT2D eigenvalue weighted by molar-refractivity contribution is 0.671. The van der Waals surface area contributed by atoms with Crippen LogP contribution in [0.25, 0.3) is 165 Å². The Bertz CT molecular complexity index is 4940. The molecule has 0 atom stereocenters. The Balaban J connectivity index is 1.20. The van der Waals surface area contributed by atoms with Gasteiger partial charge in [-0.1, -0.05) is 176 Å². The molecule has 350 valence electrons. The van der Waals surface area contributed by atoms with Crippen LogP contribution < -0.4 is 0 Å². The molecule has 0 aliphatic carbocycles. The Morgan fingerprint density at radius 3 is 1.26 bits per heavy atom. The average molecular weight is 1020 g/mol. The monoisotopic (exact) mass is 1020 g/mol. The molecule has 0 saturated carbocycles. The smallest absolute Gasteiger partial charge is 0.220 e. The summed E-state index contributed by atoms with van der Waals surface area (Å²) in [5, 5.41) is 25.7. The third-order valence-corrected chi connectivity index (χ3v) is 19.4. The summed E-state index contributed by atoms with van der Waals surface area (Å²) in [6.07, 6.45) is 0. The lowest BCUT2D eigenvalue weighted by atomic mass is 9.88. The van der Waals surface area contributed by atoms with Gasteiger partial charge in [0.15, 0.2) is 5.58 Å². The minimum Gasteiger partial charge on any atom is -0.454 e. The van der Waals surface area contributed by atoms with E-state index in [9.17, 15) is 11.8 Å². The van der Waals surface area contributed by atoms with Crippen molar-refractivity contribution < 1.29 is 4.42 Å². The molecule has 0 spiro atoms. The van der Waals surface area contributed by atoms with Crippen molar-refractivity contribution in [1.29, 1.82) is 5.26 Å². The van der Waals surface area contributed by atoms with Crippen molar-refractivity contribution in [3.05, 3.63) is 223 Å². The fourth-order valence-corrected chi connectivity index (χ4v) is 16.4. The molecule has 0 amide bonds. The average Bonchev–Trinajstić information content (AvgIpc) is 4.41. The summed E-state index contributed by atoms with van der Waals surface area (Å²) in [4.78, 5) is 4.72. The Labute approximate surface area is 444 Å². The highest BCUT2D eigenvalue weighted by Crippen LogP contribution is 2.56. The Hall–Kier alpha value is -9.54. The number of hydrogen-bond acceptors (Lipinski definition) is 5. The second-order valence-electron chi connectivity index (χ2n) is 19.5. The number of rotatable bonds is 4. The molecule has 0 radical (unpaired) electrons. The molecule has 8 heteroatoms. The van der Waals surface area contributed by atoms with Gasteiger partial charge in [-0.25, -0.2) is 4.85 Å². The van der Waals surface area contributed by atoms with E-state index in [0.717, 1.165) is 118 Å². The van der Waals surface area contributed by atoms with E-state index >= 15 is 0 Å². The van der Waals surface area contributed by atoms with Crippen LogP contribution in [-0.4, -0.2) is 9.13 Å². The number of nitrogens with zero attached hydrogens (tertiary/aromatic N) is 4. The van der Waals surface area contributed by atoms with Gasteiger partial charge in [-0.15, -0.1) is 34.0 Å². The highest BCUT2D eigenvalue weighted by Gasteiger charge is 2.34. The maximum absolute atomic E-state index is 12.4. The van der Waals surface area contributed by atoms with Crippen LogP contribution >= 0.6 is 34.0 Å². The van der Waals surface area contributed by atoms with Crippen LogP contribution in [0.15, 0.2) is 211 Å². The normalized spacial score (nSPS) is 12.2. The van der Waals surface area contributed by atoms with Gasteiger partial charge in [0.25, 0.3) is 0 Å². The van der Waals surface area contributed by atoms with Crippen LogP contribution in [0.2, 0.25) is 0 Å². The molecule has 0 saturated heterocycles. The summed E-state index contributed by atoms with van der Waals surface area (Å²) in [6.45, 7) is 9.66. The van der Waals surface area contributed by atoms with Crippen molar-refractivity contribution in [2.24, 2.45) is 0 Å². The lowest BCUT2D eigenvalue weighted by Gasteiger charge is -2.26. The van der Waals surface area contributed by atoms with E-state index in [-0.39, 0.29) is 0 Å². The first-order chi connectivity index (χ1) is 37.7. The van der Waals surface area contributed by atoms with Gasteiger partial charge in [0, 0.05) is 89.9 Å². The Kier molecular flexibility index (Phi) is 8.54. The number of nitriles is 1. The van der Waals surface area contributed by atoms with Crippen molar-refractivity contribution in [3.8, 4) is 39.7 Å². The number of para-hydroxylation sites is 1. The summed E-state index contributed by atoms with van der Waals surface area (Å²) in [7, 11) is 0. The van der Waals surface area contributed by atoms with Crippen LogP contribution in [0.4, 0.5) is 5.69 Å². The van der Waals surface area contributed by atoms with Gasteiger partial charge in [-0.05, 0) is 41.5 Å². The van der Waals surface area contributed by atoms with E-state index in [4.69, 9.17) is 9.26 Å². The molecule has 6 heterocycles. The molecule has 6 aromatic heterocycles. The minimum absolute atomic E-state index is 0.405. The fourth-order valence-electron chi connectivity index (χ4n) is 12.7. The van der Waals surface area contributed by atoms with Crippen molar-refractivity contribution >= 4 is 166 Å². The molecule has 17 rings (SSSR count). The first-order valence-electron chi connectivity index (χ1n) is 25.2. The molecule has 0 unspecified atom stereocenters. The fraction of sp³-hybridized carbons (Fsp3) is 0. The second kappa shape index (κ2) is 15.5. The second-order valence-corrected chi connectivity index (χ2v) is 22.7. The highest BCUT2D eigenvalue weighted by atomic mass is 32.1. The van der Waals surface area contributed by atoms with Crippen LogP contribution in [0.5, 0.6) is 0 Å². The van der Waals surface area contributed by atoms with Gasteiger partial charge in [-0.3, -0.25) is 0 Å². The van der Waals surface area contributed by atoms with Gasteiger partial charge in [0.05, 0.1) is 59.7 Å². The van der Waals surface area contributed by atoms with E-state index in [0.29, 0.717) is 22.5 Å². The molecular formula is C68H34N4OS3. The number of furan rings is 1. The van der Waals surface area contributed by atoms with Crippen molar-refractivity contribution in [2.75, 3.05) is 0 Å². The molecule has 11 aromatic carbocycles. The topological polar surface area (TPSA) is 51.1 Å². The Morgan fingerprint density at radius 2 is 0.776 bits per heavy atom. The van der Waals surface area contributed by atoms with Gasteiger partial charge in [-0.2, -0.15) is 5.26 Å². The van der Waals surface area contributed by atoms with Gasteiger partial charge in [0.1, 0.15) is 11.7 Å². The van der Waals surface area contributed by atoms with Gasteiger partial charge >= 0.3 is 0 Å². The predicted molar refractivity (Wildman–Crippen MR) is 323 cm³/mol. The first-order valence-corrected chi connectivity index (χ1v) is 27.6. The van der Waals surface area contributed by atoms with E-state index < -0.39 is 0 Å². The molecule has 5 nitrogen and oxygen atoms in total. The molecule has 0 aliphatic heterocycles. The summed E-state index contributed by atoms with van der Waals surface area (Å²) in [6, 6.07) is 75.8. The van der Waals surface area contributed by atoms with E-state index in [2.05, 4.69) is 173 Å². The van der Waals surface area contributed by atoms with Crippen molar-refractivity contribution in [2.45, 2.75) is 0 Å². The quantitative estimate of drug-likeness (QED) is 0.165. The zero-order valence-electron chi connectivity index (χ0n) is 40.1. The largest absolute Gasteiger partial charge is 0.454 e. The Morgan fingerprint density at radius 1 is 0.382 bits per heavy atom. The molecule has 0 aliphatic rings. The third-order valence-electron chi connectivity index (χ3n) is 15.8. The van der Waals surface area contributed by atoms with Crippen LogP contribution in [0, 0.1) is 17.9 Å². The molecule has 0 bridgehead atoms. The van der Waals surface area contributed by atoms with Gasteiger partial charge in [0.2, 0.25) is 5.69 Å². The maximum Gasteiger partial charge on any atom is 0.220 e. The molecule has 0 fully saturated rings. The summed E-state index contributed by atoms with van der Waals surface area (Å²) >= 11 is 5.37. The van der Waals surface area contributed by atoms with Crippen LogP contribution in [0.1, 0.15) is 5.56 Å². The third kappa shape index (κ3) is 5.44. The number of benzene rings is 11. The maximum atomic E-state index is 12.4. The zero-order valence-corrected chi connectivity index (χ0v) is 42.5. The minimum atomic E-state index is 0.405. The number of thiophene rings is 3.